The van der Waals surface area contributed by atoms with E-state index >= 15 is 0 Å². The van der Waals surface area contributed by atoms with Crippen LogP contribution in [0.5, 0.6) is 0 Å². The molecule has 2 heterocycles. The minimum atomic E-state index is -0.353. The monoisotopic (exact) mass is 334 g/mol. The Balaban J connectivity index is 1.44. The standard InChI is InChI=1S/C16H26N6O2/c23-15(19-12-4-2-1-3-5-12)10-18-16(24)14-11-22(21-20-14)13-6-8-17-9-7-13/h11-13,17H,1-10H2,(H,18,24)(H,19,23). The van der Waals surface area contributed by atoms with Crippen LogP contribution in [0.25, 0.3) is 0 Å². The van der Waals surface area contributed by atoms with Gasteiger partial charge in [0, 0.05) is 6.04 Å². The predicted octanol–water partition coefficient (Wildman–Crippen LogP) is 0.381. The van der Waals surface area contributed by atoms with Gasteiger partial charge >= 0.3 is 0 Å². The molecule has 1 aliphatic heterocycles. The summed E-state index contributed by atoms with van der Waals surface area (Å²) in [5, 5.41) is 16.9. The highest BCUT2D eigenvalue weighted by Gasteiger charge is 2.20. The van der Waals surface area contributed by atoms with E-state index in [-0.39, 0.29) is 36.1 Å². The van der Waals surface area contributed by atoms with Crippen LogP contribution in [0.1, 0.15) is 61.5 Å². The summed E-state index contributed by atoms with van der Waals surface area (Å²) >= 11 is 0. The van der Waals surface area contributed by atoms with Crippen LogP contribution in [0, 0.1) is 0 Å². The molecule has 0 aromatic carbocycles. The fourth-order valence-corrected chi connectivity index (χ4v) is 3.41. The Hall–Kier alpha value is -1.96. The van der Waals surface area contributed by atoms with E-state index in [1.165, 1.54) is 6.42 Å². The molecule has 1 saturated heterocycles. The Morgan fingerprint density at radius 2 is 1.92 bits per heavy atom. The third kappa shape index (κ3) is 4.53. The second-order valence-corrected chi connectivity index (χ2v) is 6.65. The largest absolute Gasteiger partial charge is 0.352 e. The van der Waals surface area contributed by atoms with Crippen LogP contribution in [-0.2, 0) is 4.79 Å². The Morgan fingerprint density at radius 1 is 1.17 bits per heavy atom. The van der Waals surface area contributed by atoms with Crippen LogP contribution >= 0.6 is 0 Å². The van der Waals surface area contributed by atoms with E-state index in [2.05, 4.69) is 26.3 Å². The summed E-state index contributed by atoms with van der Waals surface area (Å²) in [6.07, 6.45) is 9.27. The number of nitrogens with one attached hydrogen (secondary N) is 3. The topological polar surface area (TPSA) is 101 Å². The fraction of sp³-hybridized carbons (Fsp3) is 0.750. The molecule has 8 nitrogen and oxygen atoms in total. The first-order valence-electron chi connectivity index (χ1n) is 8.92. The first-order valence-corrected chi connectivity index (χ1v) is 8.92. The second-order valence-electron chi connectivity index (χ2n) is 6.65. The first kappa shape index (κ1) is 16.9. The molecular weight excluding hydrogens is 308 g/mol. The van der Waals surface area contributed by atoms with Gasteiger partial charge in [-0.15, -0.1) is 5.10 Å². The number of hydrogen-bond acceptors (Lipinski definition) is 5. The zero-order chi connectivity index (χ0) is 16.8. The molecule has 1 aromatic heterocycles. The van der Waals surface area contributed by atoms with E-state index in [9.17, 15) is 9.59 Å². The number of carbonyl (C=O) groups excluding carboxylic acids is 2. The molecule has 0 atom stereocenters. The zero-order valence-corrected chi connectivity index (χ0v) is 14.0. The molecule has 132 valence electrons. The van der Waals surface area contributed by atoms with Gasteiger partial charge < -0.3 is 16.0 Å². The van der Waals surface area contributed by atoms with Gasteiger partial charge in [0.1, 0.15) is 0 Å². The lowest BCUT2D eigenvalue weighted by Crippen LogP contribution is -2.42. The molecule has 1 saturated carbocycles. The molecule has 2 amide bonds. The third-order valence-corrected chi connectivity index (χ3v) is 4.81. The van der Waals surface area contributed by atoms with Gasteiger partial charge in [-0.1, -0.05) is 24.5 Å². The fourth-order valence-electron chi connectivity index (χ4n) is 3.41. The van der Waals surface area contributed by atoms with E-state index in [4.69, 9.17) is 0 Å². The van der Waals surface area contributed by atoms with Crippen molar-refractivity contribution < 1.29 is 9.59 Å². The number of piperidine rings is 1. The lowest BCUT2D eigenvalue weighted by Gasteiger charge is -2.22. The number of nitrogens with zero attached hydrogens (tertiary/aromatic N) is 3. The summed E-state index contributed by atoms with van der Waals surface area (Å²) in [6, 6.07) is 0.541. The molecule has 1 aromatic rings. The Morgan fingerprint density at radius 3 is 2.67 bits per heavy atom. The summed E-state index contributed by atoms with van der Waals surface area (Å²) in [6.45, 7) is 1.89. The van der Waals surface area contributed by atoms with Gasteiger partial charge in [0.05, 0.1) is 18.8 Å². The molecule has 24 heavy (non-hydrogen) atoms. The molecule has 2 fully saturated rings. The lowest BCUT2D eigenvalue weighted by atomic mass is 9.95. The highest BCUT2D eigenvalue weighted by molar-refractivity contribution is 5.94. The van der Waals surface area contributed by atoms with Gasteiger partial charge in [0.15, 0.2) is 5.69 Å². The average Bonchev–Trinajstić information content (AvgIpc) is 3.11. The van der Waals surface area contributed by atoms with E-state index in [0.717, 1.165) is 51.6 Å². The van der Waals surface area contributed by atoms with Crippen LogP contribution in [-0.4, -0.2) is 52.5 Å². The van der Waals surface area contributed by atoms with Crippen molar-refractivity contribution in [1.29, 1.82) is 0 Å². The van der Waals surface area contributed by atoms with Crippen molar-refractivity contribution in [3.63, 3.8) is 0 Å². The molecule has 0 radical (unpaired) electrons. The van der Waals surface area contributed by atoms with Crippen LogP contribution in [0.4, 0.5) is 0 Å². The molecular formula is C16H26N6O2. The Bertz CT molecular complexity index is 561. The van der Waals surface area contributed by atoms with Crippen molar-refractivity contribution in [2.75, 3.05) is 19.6 Å². The highest BCUT2D eigenvalue weighted by Crippen LogP contribution is 2.17. The highest BCUT2D eigenvalue weighted by atomic mass is 16.2. The van der Waals surface area contributed by atoms with E-state index in [1.54, 1.807) is 10.9 Å². The number of amides is 2. The molecule has 8 heteroatoms. The van der Waals surface area contributed by atoms with Gasteiger partial charge in [-0.3, -0.25) is 9.59 Å². The van der Waals surface area contributed by atoms with Crippen LogP contribution in [0.2, 0.25) is 0 Å². The van der Waals surface area contributed by atoms with Crippen molar-refractivity contribution in [3.05, 3.63) is 11.9 Å². The predicted molar refractivity (Wildman–Crippen MR) is 88.5 cm³/mol. The van der Waals surface area contributed by atoms with Crippen molar-refractivity contribution >= 4 is 11.8 Å². The van der Waals surface area contributed by atoms with Crippen LogP contribution in [0.3, 0.4) is 0 Å². The van der Waals surface area contributed by atoms with Crippen molar-refractivity contribution in [3.8, 4) is 0 Å². The van der Waals surface area contributed by atoms with Gasteiger partial charge in [0.25, 0.3) is 5.91 Å². The molecule has 3 rings (SSSR count). The summed E-state index contributed by atoms with van der Waals surface area (Å²) in [5.41, 5.74) is 0.263. The van der Waals surface area contributed by atoms with Gasteiger partial charge in [-0.05, 0) is 38.8 Å². The van der Waals surface area contributed by atoms with Crippen molar-refractivity contribution in [2.24, 2.45) is 0 Å². The molecule has 0 unspecified atom stereocenters. The molecule has 2 aliphatic rings. The molecule has 0 spiro atoms. The van der Waals surface area contributed by atoms with E-state index in [0.29, 0.717) is 0 Å². The maximum Gasteiger partial charge on any atom is 0.273 e. The van der Waals surface area contributed by atoms with Gasteiger partial charge in [-0.2, -0.15) is 0 Å². The minimum Gasteiger partial charge on any atom is -0.352 e. The summed E-state index contributed by atoms with van der Waals surface area (Å²) in [4.78, 5) is 24.0. The molecule has 0 bridgehead atoms. The van der Waals surface area contributed by atoms with Crippen LogP contribution in [0.15, 0.2) is 6.20 Å². The lowest BCUT2D eigenvalue weighted by molar-refractivity contribution is -0.121. The van der Waals surface area contributed by atoms with Crippen molar-refractivity contribution in [2.45, 2.75) is 57.0 Å². The second kappa shape index (κ2) is 8.23. The smallest absolute Gasteiger partial charge is 0.273 e. The summed E-state index contributed by atoms with van der Waals surface area (Å²) in [5.74, 6) is -0.491. The van der Waals surface area contributed by atoms with Gasteiger partial charge in [0.2, 0.25) is 5.91 Å². The Labute approximate surface area is 141 Å². The molecule has 1 aliphatic carbocycles. The normalized spacial score (nSPS) is 19.8. The van der Waals surface area contributed by atoms with E-state index < -0.39 is 0 Å². The summed E-state index contributed by atoms with van der Waals surface area (Å²) in [7, 11) is 0. The summed E-state index contributed by atoms with van der Waals surface area (Å²) < 4.78 is 1.76. The number of aromatic nitrogens is 3. The maximum absolute atomic E-state index is 12.1. The number of carbonyl (C=O) groups is 2. The van der Waals surface area contributed by atoms with Crippen molar-refractivity contribution in [1.82, 2.24) is 30.9 Å². The SMILES string of the molecule is O=C(CNC(=O)c1cn(C2CCNCC2)nn1)NC1CCCCC1. The minimum absolute atomic E-state index is 0.0183. The number of hydrogen-bond donors (Lipinski definition) is 3. The van der Waals surface area contributed by atoms with E-state index in [1.807, 2.05) is 0 Å². The third-order valence-electron chi connectivity index (χ3n) is 4.81. The average molecular weight is 334 g/mol. The van der Waals surface area contributed by atoms with Crippen LogP contribution < -0.4 is 16.0 Å². The van der Waals surface area contributed by atoms with Gasteiger partial charge in [-0.25, -0.2) is 4.68 Å². The zero-order valence-electron chi connectivity index (χ0n) is 14.0. The first-order chi connectivity index (χ1) is 11.7. The Kier molecular flexibility index (Phi) is 5.79. The molecule has 3 N–H and O–H groups in total. The number of rotatable bonds is 5. The maximum atomic E-state index is 12.1. The quantitative estimate of drug-likeness (QED) is 0.723.